The lowest BCUT2D eigenvalue weighted by Gasteiger charge is -2.19. The van der Waals surface area contributed by atoms with E-state index < -0.39 is 17.7 Å². The summed E-state index contributed by atoms with van der Waals surface area (Å²) >= 11 is 0. The minimum Gasteiger partial charge on any atom is -0.490 e. The lowest BCUT2D eigenvalue weighted by Crippen LogP contribution is -2.29. The van der Waals surface area contributed by atoms with E-state index >= 15 is 0 Å². The van der Waals surface area contributed by atoms with Crippen LogP contribution in [0.3, 0.4) is 0 Å². The van der Waals surface area contributed by atoms with Gasteiger partial charge in [0, 0.05) is 0 Å². The predicted molar refractivity (Wildman–Crippen MR) is 93.5 cm³/mol. The minimum atomic E-state index is -4.35. The van der Waals surface area contributed by atoms with Gasteiger partial charge in [-0.15, -0.1) is 0 Å². The van der Waals surface area contributed by atoms with Crippen molar-refractivity contribution in [1.29, 1.82) is 0 Å². The molecule has 2 aromatic carbocycles. The van der Waals surface area contributed by atoms with E-state index in [1.54, 1.807) is 38.1 Å². The zero-order chi connectivity index (χ0) is 20.0. The van der Waals surface area contributed by atoms with E-state index in [-0.39, 0.29) is 18.7 Å². The van der Waals surface area contributed by atoms with Gasteiger partial charge < -0.3 is 14.2 Å². The molecule has 0 radical (unpaired) electrons. The monoisotopic (exact) mass is 382 g/mol. The van der Waals surface area contributed by atoms with Crippen molar-refractivity contribution in [3.8, 4) is 11.5 Å². The number of rotatable bonds is 7. The summed E-state index contributed by atoms with van der Waals surface area (Å²) in [6.07, 6.45) is -4.71. The molecule has 0 aliphatic heterocycles. The molecule has 2 rings (SSSR count). The van der Waals surface area contributed by atoms with Crippen molar-refractivity contribution in [3.05, 3.63) is 59.7 Å². The maximum atomic E-state index is 12.5. The normalized spacial score (nSPS) is 13.6. The van der Waals surface area contributed by atoms with Crippen LogP contribution in [0.1, 0.15) is 25.0 Å². The summed E-state index contributed by atoms with van der Waals surface area (Å²) in [4.78, 5) is 11.5. The van der Waals surface area contributed by atoms with E-state index in [2.05, 4.69) is 4.74 Å². The highest BCUT2D eigenvalue weighted by Crippen LogP contribution is 2.29. The molecule has 146 valence electrons. The number of hydrogen-bond donors (Lipinski definition) is 0. The summed E-state index contributed by atoms with van der Waals surface area (Å²) in [5, 5.41) is 0. The second kappa shape index (κ2) is 8.79. The Hall–Kier alpha value is -2.70. The van der Waals surface area contributed by atoms with Crippen LogP contribution in [-0.2, 0) is 22.3 Å². The first-order valence-corrected chi connectivity index (χ1v) is 8.34. The molecule has 27 heavy (non-hydrogen) atoms. The molecular formula is C20H21F3O4. The largest absolute Gasteiger partial charge is 0.490 e. The molecule has 0 amide bonds. The molecule has 0 aliphatic rings. The van der Waals surface area contributed by atoms with Crippen LogP contribution >= 0.6 is 0 Å². The predicted octanol–water partition coefficient (Wildman–Crippen LogP) is 4.86. The van der Waals surface area contributed by atoms with E-state index in [1.165, 1.54) is 19.2 Å². The molecule has 0 heterocycles. The van der Waals surface area contributed by atoms with Crippen molar-refractivity contribution in [2.75, 3.05) is 7.11 Å². The van der Waals surface area contributed by atoms with Crippen LogP contribution in [0.4, 0.5) is 13.2 Å². The summed E-state index contributed by atoms with van der Waals surface area (Å²) in [6.45, 7) is 3.64. The standard InChI is InChI=1S/C20H21F3O4/c1-13(19(24)25-3)14(2)27-18-10-8-17(9-11-18)26-12-15-4-6-16(7-5-15)20(21,22)23/h4-11,13-14H,12H2,1-3H3. The van der Waals surface area contributed by atoms with Crippen LogP contribution in [0, 0.1) is 5.92 Å². The van der Waals surface area contributed by atoms with Gasteiger partial charge in [-0.3, -0.25) is 4.79 Å². The molecule has 4 nitrogen and oxygen atoms in total. The fourth-order valence-corrected chi connectivity index (χ4v) is 2.27. The van der Waals surface area contributed by atoms with Crippen LogP contribution in [0.2, 0.25) is 0 Å². The van der Waals surface area contributed by atoms with Crippen LogP contribution in [0.5, 0.6) is 11.5 Å². The van der Waals surface area contributed by atoms with Crippen molar-refractivity contribution in [2.45, 2.75) is 32.7 Å². The number of alkyl halides is 3. The topological polar surface area (TPSA) is 44.8 Å². The third-order valence-corrected chi connectivity index (χ3v) is 4.11. The van der Waals surface area contributed by atoms with E-state index in [9.17, 15) is 18.0 Å². The average Bonchev–Trinajstić information content (AvgIpc) is 2.65. The molecule has 7 heteroatoms. The summed E-state index contributed by atoms with van der Waals surface area (Å²) < 4.78 is 53.6. The van der Waals surface area contributed by atoms with Gasteiger partial charge in [-0.2, -0.15) is 13.2 Å². The van der Waals surface area contributed by atoms with Crippen LogP contribution in [0.15, 0.2) is 48.5 Å². The van der Waals surface area contributed by atoms with Gasteiger partial charge in [-0.1, -0.05) is 12.1 Å². The van der Waals surface area contributed by atoms with Gasteiger partial charge in [-0.05, 0) is 55.8 Å². The summed E-state index contributed by atoms with van der Waals surface area (Å²) in [7, 11) is 1.33. The van der Waals surface area contributed by atoms with E-state index in [4.69, 9.17) is 9.47 Å². The Morgan fingerprint density at radius 2 is 1.52 bits per heavy atom. The van der Waals surface area contributed by atoms with Gasteiger partial charge in [-0.25, -0.2) is 0 Å². The number of carbonyl (C=O) groups is 1. The van der Waals surface area contributed by atoms with Crippen molar-refractivity contribution in [2.24, 2.45) is 5.92 Å². The molecular weight excluding hydrogens is 361 g/mol. The fourth-order valence-electron chi connectivity index (χ4n) is 2.27. The first-order valence-electron chi connectivity index (χ1n) is 8.34. The quantitative estimate of drug-likeness (QED) is 0.642. The van der Waals surface area contributed by atoms with Crippen molar-refractivity contribution in [1.82, 2.24) is 0 Å². The number of halogens is 3. The molecule has 0 saturated heterocycles. The Labute approximate surface area is 155 Å². The third kappa shape index (κ3) is 5.91. The second-order valence-electron chi connectivity index (χ2n) is 6.09. The van der Waals surface area contributed by atoms with Crippen LogP contribution in [-0.4, -0.2) is 19.2 Å². The summed E-state index contributed by atoms with van der Waals surface area (Å²) in [5.74, 6) is 0.362. The van der Waals surface area contributed by atoms with E-state index in [0.29, 0.717) is 17.1 Å². The van der Waals surface area contributed by atoms with Gasteiger partial charge in [0.1, 0.15) is 24.2 Å². The Morgan fingerprint density at radius 3 is 2.04 bits per heavy atom. The third-order valence-electron chi connectivity index (χ3n) is 4.11. The molecule has 2 unspecified atom stereocenters. The Morgan fingerprint density at radius 1 is 0.963 bits per heavy atom. The fraction of sp³-hybridized carbons (Fsp3) is 0.350. The molecule has 0 aromatic heterocycles. The zero-order valence-electron chi connectivity index (χ0n) is 15.2. The number of esters is 1. The maximum absolute atomic E-state index is 12.5. The Kier molecular flexibility index (Phi) is 6.71. The van der Waals surface area contributed by atoms with Gasteiger partial charge >= 0.3 is 12.1 Å². The molecule has 0 bridgehead atoms. The molecule has 0 fully saturated rings. The maximum Gasteiger partial charge on any atom is 0.416 e. The lowest BCUT2D eigenvalue weighted by molar-refractivity contribution is -0.147. The summed E-state index contributed by atoms with van der Waals surface area (Å²) in [5.41, 5.74) is -0.0630. The zero-order valence-corrected chi connectivity index (χ0v) is 15.2. The smallest absolute Gasteiger partial charge is 0.416 e. The highest BCUT2D eigenvalue weighted by Gasteiger charge is 2.29. The molecule has 0 saturated carbocycles. The highest BCUT2D eigenvalue weighted by molar-refractivity contribution is 5.72. The molecule has 0 N–H and O–H groups in total. The number of carbonyl (C=O) groups excluding carboxylic acids is 1. The molecule has 2 aromatic rings. The average molecular weight is 382 g/mol. The van der Waals surface area contributed by atoms with Gasteiger partial charge in [0.2, 0.25) is 0 Å². The van der Waals surface area contributed by atoms with Gasteiger partial charge in [0.25, 0.3) is 0 Å². The number of ether oxygens (including phenoxy) is 3. The molecule has 2 atom stereocenters. The number of benzene rings is 2. The van der Waals surface area contributed by atoms with Crippen molar-refractivity contribution < 1.29 is 32.2 Å². The van der Waals surface area contributed by atoms with Gasteiger partial charge in [0.15, 0.2) is 0 Å². The van der Waals surface area contributed by atoms with Gasteiger partial charge in [0.05, 0.1) is 18.6 Å². The number of hydrogen-bond acceptors (Lipinski definition) is 4. The lowest BCUT2D eigenvalue weighted by atomic mass is 10.1. The summed E-state index contributed by atoms with van der Waals surface area (Å²) in [6, 6.07) is 11.6. The second-order valence-corrected chi connectivity index (χ2v) is 6.09. The first-order chi connectivity index (χ1) is 12.7. The van der Waals surface area contributed by atoms with Crippen LogP contribution in [0.25, 0.3) is 0 Å². The molecule has 0 aliphatic carbocycles. The minimum absolute atomic E-state index is 0.147. The molecule has 0 spiro atoms. The van der Waals surface area contributed by atoms with Crippen molar-refractivity contribution in [3.63, 3.8) is 0 Å². The first kappa shape index (κ1) is 20.6. The SMILES string of the molecule is COC(=O)C(C)C(C)Oc1ccc(OCc2ccc(C(F)(F)F)cc2)cc1. The van der Waals surface area contributed by atoms with E-state index in [0.717, 1.165) is 12.1 Å². The number of methoxy groups -OCH3 is 1. The van der Waals surface area contributed by atoms with Crippen molar-refractivity contribution >= 4 is 5.97 Å². The van der Waals surface area contributed by atoms with E-state index in [1.807, 2.05) is 0 Å². The van der Waals surface area contributed by atoms with Crippen LogP contribution < -0.4 is 9.47 Å². The Balaban J connectivity index is 1.89. The Bertz CT molecular complexity index is 739. The highest BCUT2D eigenvalue weighted by atomic mass is 19.4.